The molecule has 0 aliphatic heterocycles. The first-order valence-corrected chi connectivity index (χ1v) is 13.8. The van der Waals surface area contributed by atoms with E-state index >= 15 is 0 Å². The summed E-state index contributed by atoms with van der Waals surface area (Å²) >= 11 is 1.88. The maximum Gasteiger partial charge on any atom is 0.114 e. The van der Waals surface area contributed by atoms with Crippen molar-refractivity contribution in [1.82, 2.24) is 14.5 Å². The van der Waals surface area contributed by atoms with Gasteiger partial charge in [0.1, 0.15) is 5.82 Å². The number of rotatable bonds is 3. The number of hydrogen-bond donors (Lipinski definition) is 0. The van der Waals surface area contributed by atoms with Crippen LogP contribution >= 0.6 is 11.3 Å². The molecule has 0 aliphatic rings. The third kappa shape index (κ3) is 3.07. The maximum absolute atomic E-state index is 5.24. The molecule has 3 aromatic heterocycles. The van der Waals surface area contributed by atoms with Crippen molar-refractivity contribution in [2.45, 2.75) is 13.3 Å². The second-order valence-corrected chi connectivity index (χ2v) is 10.7. The van der Waals surface area contributed by atoms with E-state index in [1.165, 1.54) is 36.3 Å². The monoisotopic (exact) mass is 505 g/mol. The molecular formula is C34H23N3S. The van der Waals surface area contributed by atoms with Crippen LogP contribution in [0.1, 0.15) is 12.7 Å². The van der Waals surface area contributed by atoms with E-state index in [0.717, 1.165) is 45.7 Å². The van der Waals surface area contributed by atoms with Gasteiger partial charge in [0.25, 0.3) is 0 Å². The molecule has 38 heavy (non-hydrogen) atoms. The van der Waals surface area contributed by atoms with Gasteiger partial charge in [-0.05, 0) is 36.4 Å². The number of fused-ring (bicyclic) bond motifs is 8. The van der Waals surface area contributed by atoms with E-state index in [1.807, 2.05) is 11.3 Å². The fourth-order valence-electron chi connectivity index (χ4n) is 5.83. The van der Waals surface area contributed by atoms with E-state index in [0.29, 0.717) is 0 Å². The lowest BCUT2D eigenvalue weighted by Gasteiger charge is -2.13. The molecule has 0 radical (unpaired) electrons. The summed E-state index contributed by atoms with van der Waals surface area (Å²) in [7, 11) is 0. The van der Waals surface area contributed by atoms with Gasteiger partial charge in [0.05, 0.1) is 22.2 Å². The van der Waals surface area contributed by atoms with Crippen LogP contribution in [0.15, 0.2) is 109 Å². The van der Waals surface area contributed by atoms with Crippen LogP contribution in [0, 0.1) is 0 Å². The molecule has 0 fully saturated rings. The Morgan fingerprint density at radius 3 is 2.32 bits per heavy atom. The van der Waals surface area contributed by atoms with Crippen LogP contribution in [-0.2, 0) is 6.42 Å². The molecule has 5 aromatic carbocycles. The fraction of sp³-hybridized carbons (Fsp3) is 0.0588. The van der Waals surface area contributed by atoms with Crippen molar-refractivity contribution >= 4 is 64.2 Å². The number of thiophene rings is 1. The van der Waals surface area contributed by atoms with Crippen LogP contribution in [0.5, 0.6) is 0 Å². The Hall–Kier alpha value is -4.54. The molecule has 0 aliphatic carbocycles. The molecule has 0 atom stereocenters. The van der Waals surface area contributed by atoms with Gasteiger partial charge >= 0.3 is 0 Å². The van der Waals surface area contributed by atoms with Gasteiger partial charge in [-0.25, -0.2) is 9.97 Å². The van der Waals surface area contributed by atoms with E-state index in [-0.39, 0.29) is 0 Å². The molecule has 8 aromatic rings. The van der Waals surface area contributed by atoms with Gasteiger partial charge in [-0.1, -0.05) is 79.7 Å². The molecule has 0 bridgehead atoms. The molecule has 180 valence electrons. The van der Waals surface area contributed by atoms with Crippen LogP contribution in [-0.4, -0.2) is 14.5 Å². The summed E-state index contributed by atoms with van der Waals surface area (Å²) in [5.74, 6) is 1.06. The number of aryl methyl sites for hydroxylation is 1. The fourth-order valence-corrected chi connectivity index (χ4v) is 7.09. The number of benzene rings is 5. The Balaban J connectivity index is 1.44. The highest BCUT2D eigenvalue weighted by Gasteiger charge is 2.17. The SMILES string of the molecule is CCc1nc2ccccc2n1-c1cccc(-c2nc3ccccc3c3c2ccc2c4ccccc4sc23)c1. The second-order valence-electron chi connectivity index (χ2n) is 9.70. The van der Waals surface area contributed by atoms with Gasteiger partial charge < -0.3 is 0 Å². The topological polar surface area (TPSA) is 30.7 Å². The first-order valence-electron chi connectivity index (χ1n) is 13.0. The summed E-state index contributed by atoms with van der Waals surface area (Å²) in [5, 5.41) is 6.31. The van der Waals surface area contributed by atoms with Crippen LogP contribution in [0.4, 0.5) is 0 Å². The standard InChI is InChI=1S/C34H23N3S/c1-2-31-35-28-15-6-7-16-29(28)37(31)22-11-9-10-21(20-22)33-26-19-18-24-23-12-4-8-17-30(23)38-34(24)32(26)25-13-3-5-14-27(25)36-33/h3-20H,2H2,1H3. The Bertz CT molecular complexity index is 2180. The Morgan fingerprint density at radius 2 is 1.42 bits per heavy atom. The van der Waals surface area contributed by atoms with Gasteiger partial charge in [0.2, 0.25) is 0 Å². The lowest BCUT2D eigenvalue weighted by molar-refractivity contribution is 0.908. The van der Waals surface area contributed by atoms with Crippen molar-refractivity contribution in [3.63, 3.8) is 0 Å². The predicted octanol–water partition coefficient (Wildman–Crippen LogP) is 9.32. The minimum Gasteiger partial charge on any atom is -0.296 e. The number of imidazole rings is 1. The third-order valence-electron chi connectivity index (χ3n) is 7.53. The minimum absolute atomic E-state index is 0.861. The highest BCUT2D eigenvalue weighted by atomic mass is 32.1. The van der Waals surface area contributed by atoms with Gasteiger partial charge in [-0.15, -0.1) is 11.3 Å². The molecule has 8 rings (SSSR count). The zero-order valence-electron chi connectivity index (χ0n) is 20.8. The van der Waals surface area contributed by atoms with Crippen LogP contribution < -0.4 is 0 Å². The lowest BCUT2D eigenvalue weighted by Crippen LogP contribution is -2.00. The normalized spacial score (nSPS) is 11.9. The van der Waals surface area contributed by atoms with Crippen LogP contribution in [0.2, 0.25) is 0 Å². The van der Waals surface area contributed by atoms with E-state index in [1.54, 1.807) is 0 Å². The summed E-state index contributed by atoms with van der Waals surface area (Å²) in [6.45, 7) is 2.16. The van der Waals surface area contributed by atoms with Gasteiger partial charge in [0, 0.05) is 54.0 Å². The Morgan fingerprint density at radius 1 is 0.658 bits per heavy atom. The van der Waals surface area contributed by atoms with Crippen molar-refractivity contribution in [2.75, 3.05) is 0 Å². The summed E-state index contributed by atoms with van der Waals surface area (Å²) in [5.41, 5.74) is 6.41. The molecular weight excluding hydrogens is 482 g/mol. The van der Waals surface area contributed by atoms with Crippen molar-refractivity contribution in [3.05, 3.63) is 115 Å². The number of hydrogen-bond acceptors (Lipinski definition) is 3. The van der Waals surface area contributed by atoms with E-state index in [9.17, 15) is 0 Å². The van der Waals surface area contributed by atoms with E-state index < -0.39 is 0 Å². The summed E-state index contributed by atoms with van der Waals surface area (Å²) in [6.07, 6.45) is 0.861. The number of aromatic nitrogens is 3. The average molecular weight is 506 g/mol. The van der Waals surface area contributed by atoms with E-state index in [4.69, 9.17) is 9.97 Å². The number of pyridine rings is 1. The first-order chi connectivity index (χ1) is 18.8. The largest absolute Gasteiger partial charge is 0.296 e. The molecule has 0 saturated carbocycles. The maximum atomic E-state index is 5.24. The van der Waals surface area contributed by atoms with E-state index in [2.05, 4.69) is 121 Å². The van der Waals surface area contributed by atoms with Gasteiger partial charge in [-0.3, -0.25) is 4.57 Å². The van der Waals surface area contributed by atoms with Crippen LogP contribution in [0.3, 0.4) is 0 Å². The minimum atomic E-state index is 0.861. The molecule has 4 heteroatoms. The van der Waals surface area contributed by atoms with Crippen LogP contribution in [0.25, 0.3) is 69.8 Å². The lowest BCUT2D eigenvalue weighted by atomic mass is 9.98. The molecule has 0 spiro atoms. The second kappa shape index (κ2) is 8.23. The molecule has 3 heterocycles. The molecule has 0 N–H and O–H groups in total. The Labute approximate surface area is 223 Å². The van der Waals surface area contributed by atoms with Gasteiger partial charge in [-0.2, -0.15) is 0 Å². The Kier molecular flexibility index (Phi) is 4.67. The zero-order valence-corrected chi connectivity index (χ0v) is 21.7. The average Bonchev–Trinajstić information content (AvgIpc) is 3.55. The summed E-state index contributed by atoms with van der Waals surface area (Å²) < 4.78 is 4.93. The summed E-state index contributed by atoms with van der Waals surface area (Å²) in [4.78, 5) is 10.1. The number of nitrogens with zero attached hydrogens (tertiary/aromatic N) is 3. The van der Waals surface area contributed by atoms with Crippen molar-refractivity contribution in [3.8, 4) is 16.9 Å². The summed E-state index contributed by atoms with van der Waals surface area (Å²) in [6, 6.07) is 38.9. The highest BCUT2D eigenvalue weighted by molar-refractivity contribution is 7.26. The molecule has 0 unspecified atom stereocenters. The highest BCUT2D eigenvalue weighted by Crippen LogP contribution is 2.43. The van der Waals surface area contributed by atoms with Gasteiger partial charge in [0.15, 0.2) is 0 Å². The first kappa shape index (κ1) is 21.5. The van der Waals surface area contributed by atoms with Crippen molar-refractivity contribution in [2.24, 2.45) is 0 Å². The van der Waals surface area contributed by atoms with Crippen molar-refractivity contribution in [1.29, 1.82) is 0 Å². The zero-order chi connectivity index (χ0) is 25.2. The quantitative estimate of drug-likeness (QED) is 0.224. The van der Waals surface area contributed by atoms with Crippen molar-refractivity contribution < 1.29 is 0 Å². The third-order valence-corrected chi connectivity index (χ3v) is 8.74. The molecule has 0 amide bonds. The molecule has 3 nitrogen and oxygen atoms in total. The molecule has 0 saturated heterocycles. The number of para-hydroxylation sites is 3. The smallest absolute Gasteiger partial charge is 0.114 e. The predicted molar refractivity (Wildman–Crippen MR) is 162 cm³/mol.